The predicted molar refractivity (Wildman–Crippen MR) is 103 cm³/mol. The Morgan fingerprint density at radius 3 is 2.63 bits per heavy atom. The highest BCUT2D eigenvalue weighted by molar-refractivity contribution is 7.92. The monoisotopic (exact) mass is 384 g/mol. The minimum absolute atomic E-state index is 0.140. The van der Waals surface area contributed by atoms with E-state index < -0.39 is 14.6 Å². The maximum atomic E-state index is 13.1. The van der Waals surface area contributed by atoms with E-state index in [2.05, 4.69) is 10.1 Å². The Labute approximate surface area is 157 Å². The van der Waals surface area contributed by atoms with E-state index in [1.165, 1.54) is 7.11 Å². The smallest absolute Gasteiger partial charge is 0.188 e. The summed E-state index contributed by atoms with van der Waals surface area (Å²) in [6.07, 6.45) is 6.91. The van der Waals surface area contributed by atoms with E-state index in [-0.39, 0.29) is 10.6 Å². The van der Waals surface area contributed by atoms with Gasteiger partial charge >= 0.3 is 0 Å². The fraction of sp³-hybridized carbons (Fsp3) is 0.263. The summed E-state index contributed by atoms with van der Waals surface area (Å²) in [5.41, 5.74) is 3.15. The second kappa shape index (κ2) is 5.82. The van der Waals surface area contributed by atoms with Gasteiger partial charge in [0.2, 0.25) is 0 Å². The summed E-state index contributed by atoms with van der Waals surface area (Å²) in [6, 6.07) is 7.44. The van der Waals surface area contributed by atoms with Gasteiger partial charge in [-0.2, -0.15) is 5.10 Å². The molecule has 4 heterocycles. The lowest BCUT2D eigenvalue weighted by Gasteiger charge is -2.21. The molecule has 4 rings (SSSR count). The second-order valence-corrected chi connectivity index (χ2v) is 9.95. The summed E-state index contributed by atoms with van der Waals surface area (Å²) in [7, 11) is -2.15. The Balaban J connectivity index is 2.02. The van der Waals surface area contributed by atoms with E-state index in [4.69, 9.17) is 4.74 Å². The average Bonchev–Trinajstić information content (AvgIpc) is 3.22. The molecule has 0 saturated heterocycles. The third kappa shape index (κ3) is 2.59. The zero-order valence-corrected chi connectivity index (χ0v) is 16.4. The Kier molecular flexibility index (Phi) is 3.78. The van der Waals surface area contributed by atoms with Crippen molar-refractivity contribution in [3.63, 3.8) is 0 Å². The number of sulfone groups is 1. The molecule has 0 fully saturated rings. The van der Waals surface area contributed by atoms with Crippen molar-refractivity contribution in [1.29, 1.82) is 0 Å². The molecule has 27 heavy (non-hydrogen) atoms. The van der Waals surface area contributed by atoms with Crippen LogP contribution in [0.25, 0.3) is 22.4 Å². The number of aromatic nitrogens is 4. The van der Waals surface area contributed by atoms with Crippen molar-refractivity contribution in [3.05, 3.63) is 49.1 Å². The van der Waals surface area contributed by atoms with E-state index in [1.807, 2.05) is 24.4 Å². The summed E-state index contributed by atoms with van der Waals surface area (Å²) >= 11 is 0. The van der Waals surface area contributed by atoms with Crippen LogP contribution in [0.5, 0.6) is 5.75 Å². The van der Waals surface area contributed by atoms with Crippen LogP contribution in [0.1, 0.15) is 20.8 Å². The zero-order chi connectivity index (χ0) is 19.4. The van der Waals surface area contributed by atoms with Crippen molar-refractivity contribution in [2.24, 2.45) is 0 Å². The molecule has 0 spiro atoms. The topological polar surface area (TPSA) is 78.0 Å². The molecule has 0 aliphatic rings. The van der Waals surface area contributed by atoms with Gasteiger partial charge in [-0.25, -0.2) is 17.9 Å². The highest BCUT2D eigenvalue weighted by Gasteiger charge is 2.34. The molecule has 0 amide bonds. The van der Waals surface area contributed by atoms with Gasteiger partial charge in [-0.1, -0.05) is 6.07 Å². The molecule has 7 nitrogen and oxygen atoms in total. The van der Waals surface area contributed by atoms with Crippen LogP contribution in [0.3, 0.4) is 0 Å². The molecule has 8 heteroatoms. The second-order valence-electron chi connectivity index (χ2n) is 7.28. The largest absolute Gasteiger partial charge is 0.495 e. The van der Waals surface area contributed by atoms with Gasteiger partial charge in [0.1, 0.15) is 16.3 Å². The van der Waals surface area contributed by atoms with Crippen molar-refractivity contribution in [3.8, 4) is 17.0 Å². The van der Waals surface area contributed by atoms with Gasteiger partial charge in [0.15, 0.2) is 9.84 Å². The lowest BCUT2D eigenvalue weighted by Crippen LogP contribution is -2.28. The molecule has 0 aliphatic carbocycles. The van der Waals surface area contributed by atoms with Crippen molar-refractivity contribution >= 4 is 21.0 Å². The number of imidazole rings is 1. The van der Waals surface area contributed by atoms with Crippen LogP contribution in [-0.2, 0) is 9.84 Å². The molecule has 0 atom stereocenters. The molecular formula is C19H20N4O3S. The molecule has 0 aliphatic heterocycles. The van der Waals surface area contributed by atoms with Crippen LogP contribution in [0.4, 0.5) is 0 Å². The molecule has 4 aromatic rings. The summed E-state index contributed by atoms with van der Waals surface area (Å²) in [5, 5.41) is 4.36. The Morgan fingerprint density at radius 1 is 1.15 bits per heavy atom. The first-order valence-corrected chi connectivity index (χ1v) is 9.95. The molecule has 0 N–H and O–H groups in total. The molecule has 140 valence electrons. The van der Waals surface area contributed by atoms with E-state index in [0.29, 0.717) is 5.65 Å². The number of nitrogens with zero attached hydrogens (tertiary/aromatic N) is 4. The minimum atomic E-state index is -3.61. The first-order chi connectivity index (χ1) is 12.7. The van der Waals surface area contributed by atoms with E-state index in [9.17, 15) is 8.42 Å². The van der Waals surface area contributed by atoms with E-state index in [1.54, 1.807) is 54.3 Å². The highest BCUT2D eigenvalue weighted by Crippen LogP contribution is 2.34. The van der Waals surface area contributed by atoms with Crippen molar-refractivity contribution in [2.45, 2.75) is 30.4 Å². The first-order valence-electron chi connectivity index (χ1n) is 8.46. The van der Waals surface area contributed by atoms with Gasteiger partial charge in [-0.3, -0.25) is 4.40 Å². The van der Waals surface area contributed by atoms with E-state index >= 15 is 0 Å². The number of methoxy groups -OCH3 is 1. The predicted octanol–water partition coefficient (Wildman–Crippen LogP) is 3.23. The van der Waals surface area contributed by atoms with E-state index in [0.717, 1.165) is 16.8 Å². The summed E-state index contributed by atoms with van der Waals surface area (Å²) in [6.45, 7) is 5.02. The Morgan fingerprint density at radius 2 is 1.93 bits per heavy atom. The van der Waals surface area contributed by atoms with Crippen LogP contribution in [0.15, 0.2) is 53.9 Å². The standard InChI is InChI=1S/C19H20N4O3S/c1-19(2,3)27(24,25)17-12-22-15(11-20-18(22)9-16(17)26-4)13-10-21-23-8-6-5-7-14(13)23/h5-12H,1-4H3. The number of fused-ring (bicyclic) bond motifs is 2. The normalized spacial score (nSPS) is 12.7. The summed E-state index contributed by atoms with van der Waals surface area (Å²) < 4.78 is 34.1. The number of rotatable bonds is 3. The van der Waals surface area contributed by atoms with Crippen molar-refractivity contribution in [2.75, 3.05) is 7.11 Å². The zero-order valence-electron chi connectivity index (χ0n) is 15.5. The van der Waals surface area contributed by atoms with Crippen molar-refractivity contribution < 1.29 is 13.2 Å². The fourth-order valence-corrected chi connectivity index (χ4v) is 4.32. The maximum Gasteiger partial charge on any atom is 0.188 e. The van der Waals surface area contributed by atoms with Gasteiger partial charge in [0, 0.05) is 24.0 Å². The molecule has 0 bridgehead atoms. The van der Waals surface area contributed by atoms with Crippen LogP contribution in [-0.4, -0.2) is 39.3 Å². The van der Waals surface area contributed by atoms with Gasteiger partial charge in [0.25, 0.3) is 0 Å². The van der Waals surface area contributed by atoms with Gasteiger partial charge in [-0.05, 0) is 32.9 Å². The molecule has 0 unspecified atom stereocenters. The Hall–Kier alpha value is -2.87. The SMILES string of the molecule is COc1cc2ncc(-c3cnn4ccccc34)n2cc1S(=O)(=O)C(C)(C)C. The molecule has 0 aromatic carbocycles. The highest BCUT2D eigenvalue weighted by atomic mass is 32.2. The lowest BCUT2D eigenvalue weighted by molar-refractivity contribution is 0.401. The minimum Gasteiger partial charge on any atom is -0.495 e. The van der Waals surface area contributed by atoms with Gasteiger partial charge in [-0.15, -0.1) is 0 Å². The molecule has 0 radical (unpaired) electrons. The van der Waals surface area contributed by atoms with Crippen LogP contribution >= 0.6 is 0 Å². The van der Waals surface area contributed by atoms with Crippen LogP contribution in [0.2, 0.25) is 0 Å². The number of hydrogen-bond acceptors (Lipinski definition) is 5. The van der Waals surface area contributed by atoms with Crippen LogP contribution in [0, 0.1) is 0 Å². The lowest BCUT2D eigenvalue weighted by atomic mass is 10.2. The first kappa shape index (κ1) is 17.5. The van der Waals surface area contributed by atoms with Gasteiger partial charge in [0.05, 0.1) is 35.5 Å². The average molecular weight is 384 g/mol. The molecule has 0 saturated carbocycles. The van der Waals surface area contributed by atoms with Crippen LogP contribution < -0.4 is 4.74 Å². The number of pyridine rings is 2. The van der Waals surface area contributed by atoms with Gasteiger partial charge < -0.3 is 4.74 Å². The number of hydrogen-bond donors (Lipinski definition) is 0. The number of ether oxygens (including phenoxy) is 1. The maximum absolute atomic E-state index is 13.1. The van der Waals surface area contributed by atoms with Crippen molar-refractivity contribution in [1.82, 2.24) is 19.0 Å². The molecular weight excluding hydrogens is 364 g/mol. The summed E-state index contributed by atoms with van der Waals surface area (Å²) in [5.74, 6) is 0.287. The quantitative estimate of drug-likeness (QED) is 0.542. The molecule has 4 aromatic heterocycles. The fourth-order valence-electron chi connectivity index (χ4n) is 3.01. The third-order valence-electron chi connectivity index (χ3n) is 4.59. The Bertz CT molecular complexity index is 1260. The third-order valence-corrected chi connectivity index (χ3v) is 7.09. The summed E-state index contributed by atoms with van der Waals surface area (Å²) in [4.78, 5) is 4.57.